The van der Waals surface area contributed by atoms with Crippen LogP contribution in [0.4, 0.5) is 10.5 Å². The third kappa shape index (κ3) is 3.44. The lowest BCUT2D eigenvalue weighted by atomic mass is 10.1. The summed E-state index contributed by atoms with van der Waals surface area (Å²) in [5.41, 5.74) is 3.94. The second kappa shape index (κ2) is 6.76. The van der Waals surface area contributed by atoms with E-state index in [1.807, 2.05) is 25.5 Å². The Labute approximate surface area is 125 Å². The highest BCUT2D eigenvalue weighted by Gasteiger charge is 2.20. The zero-order valence-corrected chi connectivity index (χ0v) is 13.3. The number of carbonyl (C=O) groups is 1. The number of nitrogens with one attached hydrogen (secondary N) is 1. The van der Waals surface area contributed by atoms with Gasteiger partial charge >= 0.3 is 6.03 Å². The van der Waals surface area contributed by atoms with Gasteiger partial charge in [-0.2, -0.15) is 5.10 Å². The van der Waals surface area contributed by atoms with E-state index in [9.17, 15) is 4.79 Å². The number of methoxy groups -OCH3 is 1. The molecule has 21 heavy (non-hydrogen) atoms. The van der Waals surface area contributed by atoms with Crippen molar-refractivity contribution in [1.82, 2.24) is 14.7 Å². The summed E-state index contributed by atoms with van der Waals surface area (Å²) < 4.78 is 7.02. The molecular weight excluding hydrogens is 268 g/mol. The van der Waals surface area contributed by atoms with E-state index in [1.54, 1.807) is 12.0 Å². The second-order valence-corrected chi connectivity index (χ2v) is 5.28. The van der Waals surface area contributed by atoms with Gasteiger partial charge in [0, 0.05) is 26.7 Å². The fraction of sp³-hybridized carbons (Fsp3) is 0.600. The third-order valence-electron chi connectivity index (χ3n) is 3.83. The summed E-state index contributed by atoms with van der Waals surface area (Å²) in [4.78, 5) is 14.2. The average molecular weight is 292 g/mol. The summed E-state index contributed by atoms with van der Waals surface area (Å²) in [6, 6.07) is -0.0652. The first kappa shape index (κ1) is 15.6. The maximum Gasteiger partial charge on any atom is 0.322 e. The largest absolute Gasteiger partial charge is 0.380 e. The standard InChI is InChI=1S/C15H24N4O2/c1-5-19-12(3)14(11(2)17-19)16-15(20)18-8-6-13(7-9-18)10-21-4/h6H,5,7-10H2,1-4H3,(H,16,20). The Kier molecular flexibility index (Phi) is 5.01. The minimum atomic E-state index is -0.0652. The van der Waals surface area contributed by atoms with Crippen molar-refractivity contribution in [1.29, 1.82) is 0 Å². The van der Waals surface area contributed by atoms with Gasteiger partial charge in [-0.25, -0.2) is 4.79 Å². The van der Waals surface area contributed by atoms with Crippen LogP contribution in [0.3, 0.4) is 0 Å². The normalized spacial score (nSPS) is 15.0. The van der Waals surface area contributed by atoms with Gasteiger partial charge in [-0.05, 0) is 32.8 Å². The zero-order chi connectivity index (χ0) is 15.4. The van der Waals surface area contributed by atoms with Crippen molar-refractivity contribution in [3.63, 3.8) is 0 Å². The van der Waals surface area contributed by atoms with E-state index in [0.717, 1.165) is 36.6 Å². The molecule has 0 saturated heterocycles. The van der Waals surface area contributed by atoms with E-state index < -0.39 is 0 Å². The number of aromatic nitrogens is 2. The molecule has 0 aliphatic carbocycles. The van der Waals surface area contributed by atoms with Crippen LogP contribution in [0.1, 0.15) is 24.7 Å². The van der Waals surface area contributed by atoms with Crippen LogP contribution in [0, 0.1) is 13.8 Å². The molecule has 0 bridgehead atoms. The number of aryl methyl sites for hydroxylation is 2. The van der Waals surface area contributed by atoms with Crippen LogP contribution in [0.5, 0.6) is 0 Å². The molecule has 0 fully saturated rings. The Hall–Kier alpha value is -1.82. The summed E-state index contributed by atoms with van der Waals surface area (Å²) in [6.45, 7) is 8.74. The fourth-order valence-corrected chi connectivity index (χ4v) is 2.58. The number of amides is 2. The van der Waals surface area contributed by atoms with Gasteiger partial charge in [-0.15, -0.1) is 0 Å². The summed E-state index contributed by atoms with van der Waals surface area (Å²) in [6.07, 6.45) is 2.94. The van der Waals surface area contributed by atoms with Gasteiger partial charge in [0.25, 0.3) is 0 Å². The third-order valence-corrected chi connectivity index (χ3v) is 3.83. The van der Waals surface area contributed by atoms with E-state index in [-0.39, 0.29) is 6.03 Å². The van der Waals surface area contributed by atoms with Crippen LogP contribution >= 0.6 is 0 Å². The lowest BCUT2D eigenvalue weighted by Crippen LogP contribution is -2.38. The molecule has 0 atom stereocenters. The van der Waals surface area contributed by atoms with Crippen LogP contribution in [0.25, 0.3) is 0 Å². The molecule has 1 aliphatic rings. The molecule has 1 aromatic heterocycles. The molecule has 116 valence electrons. The van der Waals surface area contributed by atoms with E-state index in [1.165, 1.54) is 5.57 Å². The van der Waals surface area contributed by atoms with Gasteiger partial charge in [0.2, 0.25) is 0 Å². The SMILES string of the molecule is CCn1nc(C)c(NC(=O)N2CC=C(COC)CC2)c1C. The first-order valence-electron chi connectivity index (χ1n) is 7.33. The summed E-state index contributed by atoms with van der Waals surface area (Å²) in [5.74, 6) is 0. The number of nitrogens with zero attached hydrogens (tertiary/aromatic N) is 3. The predicted octanol–water partition coefficient (Wildman–Crippen LogP) is 2.33. The monoisotopic (exact) mass is 292 g/mol. The molecule has 6 heteroatoms. The topological polar surface area (TPSA) is 59.4 Å². The lowest BCUT2D eigenvalue weighted by Gasteiger charge is -2.26. The van der Waals surface area contributed by atoms with Gasteiger partial charge in [-0.1, -0.05) is 6.08 Å². The first-order valence-corrected chi connectivity index (χ1v) is 7.33. The molecule has 1 aromatic rings. The molecule has 6 nitrogen and oxygen atoms in total. The molecular formula is C15H24N4O2. The highest BCUT2D eigenvalue weighted by molar-refractivity contribution is 5.90. The highest BCUT2D eigenvalue weighted by Crippen LogP contribution is 2.20. The minimum absolute atomic E-state index is 0.0652. The average Bonchev–Trinajstić information content (AvgIpc) is 2.75. The van der Waals surface area contributed by atoms with Gasteiger partial charge in [-0.3, -0.25) is 4.68 Å². The molecule has 2 amide bonds. The van der Waals surface area contributed by atoms with Crippen molar-refractivity contribution in [3.8, 4) is 0 Å². The Balaban J connectivity index is 2.01. The fourth-order valence-electron chi connectivity index (χ4n) is 2.58. The number of hydrogen-bond donors (Lipinski definition) is 1. The van der Waals surface area contributed by atoms with Crippen LogP contribution in [-0.4, -0.2) is 47.5 Å². The molecule has 0 spiro atoms. The maximum atomic E-state index is 12.4. The predicted molar refractivity (Wildman–Crippen MR) is 82.5 cm³/mol. The van der Waals surface area contributed by atoms with Crippen molar-refractivity contribution < 1.29 is 9.53 Å². The molecule has 0 saturated carbocycles. The van der Waals surface area contributed by atoms with Crippen molar-refractivity contribution in [3.05, 3.63) is 23.0 Å². The number of carbonyl (C=O) groups excluding carboxylic acids is 1. The van der Waals surface area contributed by atoms with Crippen molar-refractivity contribution >= 4 is 11.7 Å². The number of ether oxygens (including phenoxy) is 1. The molecule has 0 radical (unpaired) electrons. The summed E-state index contributed by atoms with van der Waals surface area (Å²) in [5, 5.41) is 7.41. The quantitative estimate of drug-likeness (QED) is 0.866. The second-order valence-electron chi connectivity index (χ2n) is 5.28. The highest BCUT2D eigenvalue weighted by atomic mass is 16.5. The maximum absolute atomic E-state index is 12.4. The molecule has 2 rings (SSSR count). The lowest BCUT2D eigenvalue weighted by molar-refractivity contribution is 0.203. The van der Waals surface area contributed by atoms with Gasteiger partial charge in [0.05, 0.1) is 23.7 Å². The minimum Gasteiger partial charge on any atom is -0.380 e. The van der Waals surface area contributed by atoms with E-state index in [0.29, 0.717) is 13.2 Å². The Morgan fingerprint density at radius 3 is 2.76 bits per heavy atom. The van der Waals surface area contributed by atoms with E-state index in [2.05, 4.69) is 16.5 Å². The van der Waals surface area contributed by atoms with Gasteiger partial charge in [0.1, 0.15) is 0 Å². The van der Waals surface area contributed by atoms with Crippen molar-refractivity contribution in [2.45, 2.75) is 33.7 Å². The van der Waals surface area contributed by atoms with Crippen LogP contribution < -0.4 is 5.32 Å². The number of hydrogen-bond acceptors (Lipinski definition) is 3. The van der Waals surface area contributed by atoms with E-state index in [4.69, 9.17) is 4.74 Å². The van der Waals surface area contributed by atoms with E-state index >= 15 is 0 Å². The van der Waals surface area contributed by atoms with Crippen molar-refractivity contribution in [2.24, 2.45) is 0 Å². The van der Waals surface area contributed by atoms with Crippen LogP contribution in [-0.2, 0) is 11.3 Å². The molecule has 0 unspecified atom stereocenters. The number of rotatable bonds is 4. The number of anilines is 1. The Bertz CT molecular complexity index is 548. The first-order chi connectivity index (χ1) is 10.1. The van der Waals surface area contributed by atoms with Gasteiger partial charge in [0.15, 0.2) is 0 Å². The molecule has 0 aromatic carbocycles. The Morgan fingerprint density at radius 2 is 2.24 bits per heavy atom. The summed E-state index contributed by atoms with van der Waals surface area (Å²) in [7, 11) is 1.69. The van der Waals surface area contributed by atoms with Crippen molar-refractivity contribution in [2.75, 3.05) is 32.1 Å². The Morgan fingerprint density at radius 1 is 1.48 bits per heavy atom. The van der Waals surface area contributed by atoms with Gasteiger partial charge < -0.3 is 15.0 Å². The molecule has 1 aliphatic heterocycles. The smallest absolute Gasteiger partial charge is 0.322 e. The van der Waals surface area contributed by atoms with Crippen LogP contribution in [0.15, 0.2) is 11.6 Å². The molecule has 2 heterocycles. The molecule has 1 N–H and O–H groups in total. The number of urea groups is 1. The summed E-state index contributed by atoms with van der Waals surface area (Å²) >= 11 is 0. The zero-order valence-electron chi connectivity index (χ0n) is 13.3. The van der Waals surface area contributed by atoms with Crippen LogP contribution in [0.2, 0.25) is 0 Å².